The number of anilines is 1. The molecular weight excluding hydrogens is 350 g/mol. The van der Waals surface area contributed by atoms with E-state index in [0.29, 0.717) is 17.0 Å². The van der Waals surface area contributed by atoms with Gasteiger partial charge >= 0.3 is 6.03 Å². The first-order valence-electron chi connectivity index (χ1n) is 8.93. The average molecular weight is 372 g/mol. The van der Waals surface area contributed by atoms with Crippen molar-refractivity contribution < 1.29 is 4.79 Å². The summed E-state index contributed by atoms with van der Waals surface area (Å²) in [5.41, 5.74) is 1.33. The van der Waals surface area contributed by atoms with Gasteiger partial charge in [-0.05, 0) is 48.4 Å². The second kappa shape index (κ2) is 7.11. The summed E-state index contributed by atoms with van der Waals surface area (Å²) in [5.74, 6) is 0.807. The van der Waals surface area contributed by atoms with Crippen molar-refractivity contribution in [2.24, 2.45) is 5.41 Å². The minimum absolute atomic E-state index is 0.110. The summed E-state index contributed by atoms with van der Waals surface area (Å²) in [6.07, 6.45) is 6.73. The smallest absolute Gasteiger partial charge is 0.315 e. The summed E-state index contributed by atoms with van der Waals surface area (Å²) in [6.45, 7) is 2.46. The Labute approximate surface area is 158 Å². The zero-order valence-electron chi connectivity index (χ0n) is 14.5. The van der Waals surface area contributed by atoms with Crippen molar-refractivity contribution in [1.82, 2.24) is 20.6 Å². The zero-order valence-corrected chi connectivity index (χ0v) is 15.2. The predicted molar refractivity (Wildman–Crippen MR) is 101 cm³/mol. The number of urea groups is 1. The van der Waals surface area contributed by atoms with Crippen molar-refractivity contribution in [3.05, 3.63) is 53.3 Å². The maximum Gasteiger partial charge on any atom is 0.315 e. The highest BCUT2D eigenvalue weighted by Gasteiger charge is 2.49. The highest BCUT2D eigenvalue weighted by Crippen LogP contribution is 2.48. The number of benzene rings is 1. The Balaban J connectivity index is 1.21. The van der Waals surface area contributed by atoms with Crippen LogP contribution in [0.4, 0.5) is 10.7 Å². The maximum atomic E-state index is 12.1. The molecule has 1 aliphatic heterocycles. The van der Waals surface area contributed by atoms with E-state index in [0.717, 1.165) is 43.9 Å². The Morgan fingerprint density at radius 2 is 1.96 bits per heavy atom. The average Bonchev–Trinajstić information content (AvgIpc) is 3.07. The third-order valence-electron chi connectivity index (χ3n) is 5.33. The quantitative estimate of drug-likeness (QED) is 0.866. The van der Waals surface area contributed by atoms with Gasteiger partial charge in [-0.3, -0.25) is 0 Å². The normalized spacial score (nSPS) is 24.3. The van der Waals surface area contributed by atoms with Crippen molar-refractivity contribution in [3.8, 4) is 0 Å². The highest BCUT2D eigenvalue weighted by atomic mass is 35.5. The molecule has 0 bridgehead atoms. The lowest BCUT2D eigenvalue weighted by Gasteiger charge is -2.45. The van der Waals surface area contributed by atoms with Crippen LogP contribution in [0.15, 0.2) is 42.7 Å². The molecule has 2 amide bonds. The lowest BCUT2D eigenvalue weighted by atomic mass is 9.65. The number of halogens is 1. The molecule has 4 rings (SSSR count). The molecular formula is C19H22ClN5O. The van der Waals surface area contributed by atoms with E-state index in [1.807, 2.05) is 30.3 Å². The molecule has 2 fully saturated rings. The van der Waals surface area contributed by atoms with E-state index < -0.39 is 0 Å². The van der Waals surface area contributed by atoms with Crippen LogP contribution in [-0.2, 0) is 6.54 Å². The van der Waals surface area contributed by atoms with Gasteiger partial charge in [0, 0.05) is 43.1 Å². The van der Waals surface area contributed by atoms with Gasteiger partial charge in [0.1, 0.15) is 0 Å². The number of aromatic nitrogens is 2. The number of hydrogen-bond acceptors (Lipinski definition) is 4. The largest absolute Gasteiger partial charge is 0.340 e. The molecule has 1 aromatic heterocycles. The van der Waals surface area contributed by atoms with Crippen LogP contribution in [-0.4, -0.2) is 35.1 Å². The molecule has 2 N–H and O–H groups in total. The first-order chi connectivity index (χ1) is 12.6. The van der Waals surface area contributed by atoms with E-state index in [1.54, 1.807) is 12.4 Å². The van der Waals surface area contributed by atoms with Gasteiger partial charge in [0.25, 0.3) is 0 Å². The number of hydrogen-bond donors (Lipinski definition) is 2. The molecule has 1 aliphatic carbocycles. The van der Waals surface area contributed by atoms with E-state index in [1.165, 1.54) is 0 Å². The third-order valence-corrected chi connectivity index (χ3v) is 5.59. The topological polar surface area (TPSA) is 70.2 Å². The van der Waals surface area contributed by atoms with Crippen LogP contribution in [0.5, 0.6) is 0 Å². The molecule has 1 aromatic carbocycles. The summed E-state index contributed by atoms with van der Waals surface area (Å²) in [4.78, 5) is 23.0. The van der Waals surface area contributed by atoms with Gasteiger partial charge in [-0.25, -0.2) is 14.8 Å². The van der Waals surface area contributed by atoms with Gasteiger partial charge in [0.2, 0.25) is 5.95 Å². The lowest BCUT2D eigenvalue weighted by molar-refractivity contribution is 0.111. The van der Waals surface area contributed by atoms with Crippen LogP contribution in [0.3, 0.4) is 0 Å². The van der Waals surface area contributed by atoms with Crippen LogP contribution in [0, 0.1) is 5.41 Å². The second-order valence-corrected chi connectivity index (χ2v) is 7.72. The standard InChI is InChI=1S/C19H22ClN5O/c20-15-4-2-14(3-5-15)12-23-18(26)24-16-10-19(11-16)6-9-25(13-19)17-21-7-1-8-22-17/h1-5,7-8,16H,6,9-13H2,(H2,23,24,26). The van der Waals surface area contributed by atoms with Crippen LogP contribution in [0.1, 0.15) is 24.8 Å². The summed E-state index contributed by atoms with van der Waals surface area (Å²) >= 11 is 5.87. The Bertz CT molecular complexity index is 761. The molecule has 26 heavy (non-hydrogen) atoms. The van der Waals surface area contributed by atoms with E-state index in [4.69, 9.17) is 11.6 Å². The van der Waals surface area contributed by atoms with E-state index >= 15 is 0 Å². The third kappa shape index (κ3) is 3.75. The van der Waals surface area contributed by atoms with Gasteiger partial charge in [-0.15, -0.1) is 0 Å². The number of amides is 2. The predicted octanol–water partition coefficient (Wildman–Crippen LogP) is 2.99. The minimum Gasteiger partial charge on any atom is -0.340 e. The number of carbonyl (C=O) groups excluding carboxylic acids is 1. The number of carbonyl (C=O) groups is 1. The van der Waals surface area contributed by atoms with Crippen molar-refractivity contribution in [2.45, 2.75) is 31.8 Å². The van der Waals surface area contributed by atoms with Crippen molar-refractivity contribution in [1.29, 1.82) is 0 Å². The van der Waals surface area contributed by atoms with Crippen molar-refractivity contribution >= 4 is 23.6 Å². The molecule has 0 atom stereocenters. The molecule has 2 aromatic rings. The molecule has 2 heterocycles. The van der Waals surface area contributed by atoms with E-state index in [2.05, 4.69) is 25.5 Å². The Morgan fingerprint density at radius 3 is 2.69 bits per heavy atom. The fourth-order valence-corrected chi connectivity index (χ4v) is 4.13. The van der Waals surface area contributed by atoms with E-state index in [9.17, 15) is 4.79 Å². The van der Waals surface area contributed by atoms with Gasteiger partial charge in [-0.1, -0.05) is 23.7 Å². The first-order valence-corrected chi connectivity index (χ1v) is 9.31. The van der Waals surface area contributed by atoms with Gasteiger partial charge in [-0.2, -0.15) is 0 Å². The van der Waals surface area contributed by atoms with Crippen LogP contribution < -0.4 is 15.5 Å². The zero-order chi connectivity index (χ0) is 18.0. The first kappa shape index (κ1) is 17.1. The van der Waals surface area contributed by atoms with Gasteiger partial charge in [0.05, 0.1) is 0 Å². The Hall–Kier alpha value is -2.34. The molecule has 1 saturated heterocycles. The summed E-state index contributed by atoms with van der Waals surface area (Å²) in [5, 5.41) is 6.68. The monoisotopic (exact) mass is 371 g/mol. The number of rotatable bonds is 4. The molecule has 0 unspecified atom stereocenters. The molecule has 1 spiro atoms. The number of nitrogens with one attached hydrogen (secondary N) is 2. The Kier molecular flexibility index (Phi) is 4.68. The molecule has 6 nitrogen and oxygen atoms in total. The molecule has 2 aliphatic rings. The molecule has 0 radical (unpaired) electrons. The van der Waals surface area contributed by atoms with Crippen molar-refractivity contribution in [3.63, 3.8) is 0 Å². The second-order valence-electron chi connectivity index (χ2n) is 7.28. The summed E-state index contributed by atoms with van der Waals surface area (Å²) in [7, 11) is 0. The fraction of sp³-hybridized carbons (Fsp3) is 0.421. The minimum atomic E-state index is -0.110. The SMILES string of the molecule is O=C(NCc1ccc(Cl)cc1)NC1CC2(CCN(c3ncccn3)C2)C1. The lowest BCUT2D eigenvalue weighted by Crippen LogP contribution is -2.54. The number of nitrogens with zero attached hydrogens (tertiary/aromatic N) is 3. The van der Waals surface area contributed by atoms with Crippen LogP contribution in [0.25, 0.3) is 0 Å². The highest BCUT2D eigenvalue weighted by molar-refractivity contribution is 6.30. The molecule has 1 saturated carbocycles. The molecule has 136 valence electrons. The van der Waals surface area contributed by atoms with Crippen LogP contribution in [0.2, 0.25) is 5.02 Å². The maximum absolute atomic E-state index is 12.1. The van der Waals surface area contributed by atoms with Gasteiger partial charge in [0.15, 0.2) is 0 Å². The Morgan fingerprint density at radius 1 is 1.23 bits per heavy atom. The van der Waals surface area contributed by atoms with Crippen LogP contribution >= 0.6 is 11.6 Å². The molecule has 7 heteroatoms. The fourth-order valence-electron chi connectivity index (χ4n) is 4.00. The summed E-state index contributed by atoms with van der Waals surface area (Å²) < 4.78 is 0. The summed E-state index contributed by atoms with van der Waals surface area (Å²) in [6, 6.07) is 9.46. The van der Waals surface area contributed by atoms with E-state index in [-0.39, 0.29) is 12.1 Å². The van der Waals surface area contributed by atoms with Gasteiger partial charge < -0.3 is 15.5 Å². The van der Waals surface area contributed by atoms with Crippen molar-refractivity contribution in [2.75, 3.05) is 18.0 Å².